The summed E-state index contributed by atoms with van der Waals surface area (Å²) in [5.41, 5.74) is 11.4. The molecule has 4 nitrogen and oxygen atoms in total. The Morgan fingerprint density at radius 3 is 2.52 bits per heavy atom. The summed E-state index contributed by atoms with van der Waals surface area (Å²) in [5, 5.41) is 3.60. The van der Waals surface area contributed by atoms with Crippen molar-refractivity contribution in [1.82, 2.24) is 10.2 Å². The van der Waals surface area contributed by atoms with E-state index in [-0.39, 0.29) is 47.6 Å². The minimum absolute atomic E-state index is 0.0127. The smallest absolute Gasteiger partial charge is 0.0845 e. The van der Waals surface area contributed by atoms with E-state index in [1.807, 2.05) is 0 Å². The molecule has 2 saturated heterocycles. The maximum atomic E-state index is 7.30. The topological polar surface area (TPSA) is 33.7 Å². The maximum Gasteiger partial charge on any atom is 0.0845 e. The van der Waals surface area contributed by atoms with Crippen LogP contribution in [-0.2, 0) is 9.47 Å². The zero-order valence-corrected chi connectivity index (χ0v) is 30.1. The molecule has 1 N–H and O–H groups in total. The van der Waals surface area contributed by atoms with Crippen LogP contribution >= 0.6 is 0 Å². The second-order valence-corrected chi connectivity index (χ2v) is 16.5. The molecular weight excluding hydrogens is 637 g/mol. The average Bonchev–Trinajstić information content (AvgIpc) is 3.56. The summed E-state index contributed by atoms with van der Waals surface area (Å²) in [4.78, 5) is 2.73. The average molecular weight is 687 g/mol. The van der Waals surface area contributed by atoms with Crippen molar-refractivity contribution in [2.24, 2.45) is 29.1 Å². The summed E-state index contributed by atoms with van der Waals surface area (Å²) >= 11 is 0. The van der Waals surface area contributed by atoms with E-state index in [9.17, 15) is 0 Å². The first-order valence-corrected chi connectivity index (χ1v) is 20.3. The molecule has 2 fully saturated rings. The van der Waals surface area contributed by atoms with Crippen molar-refractivity contribution in [2.75, 3.05) is 6.54 Å². The highest BCUT2D eigenvalue weighted by Crippen LogP contribution is 2.65. The number of nitrogens with zero attached hydrogens (tertiary/aromatic N) is 1. The number of rotatable bonds is 3. The van der Waals surface area contributed by atoms with E-state index in [2.05, 4.69) is 132 Å². The summed E-state index contributed by atoms with van der Waals surface area (Å²) in [6.45, 7) is 0.862. The molecule has 0 aromatic heterocycles. The zero-order chi connectivity index (χ0) is 34.2. The van der Waals surface area contributed by atoms with Crippen molar-refractivity contribution < 1.29 is 9.47 Å². The Morgan fingerprint density at radius 1 is 0.692 bits per heavy atom. The lowest BCUT2D eigenvalue weighted by molar-refractivity contribution is -0.177. The first-order valence-electron chi connectivity index (χ1n) is 20.3. The monoisotopic (exact) mass is 686 g/mol. The van der Waals surface area contributed by atoms with Crippen molar-refractivity contribution in [3.63, 3.8) is 0 Å². The van der Waals surface area contributed by atoms with E-state index in [1.54, 1.807) is 11.3 Å². The quantitative estimate of drug-likeness (QED) is 0.300. The van der Waals surface area contributed by atoms with Crippen LogP contribution in [0.15, 0.2) is 166 Å². The second-order valence-electron chi connectivity index (χ2n) is 16.5. The zero-order valence-electron chi connectivity index (χ0n) is 30.1. The maximum absolute atomic E-state index is 7.30. The van der Waals surface area contributed by atoms with Crippen molar-refractivity contribution >= 4 is 0 Å². The Balaban J connectivity index is 1.04. The SMILES string of the molecule is C1=CCNC(C2=CC3OC4C=CC(C5=CC=CC6C5C5=C(CCCC5)N6C5=CCCC=C5)=CC4C4(C5=CCCCC5OC5C=CC=CC54)C3C=C2)=C1. The summed E-state index contributed by atoms with van der Waals surface area (Å²) in [5.74, 6) is 1.01. The molecule has 0 amide bonds. The molecule has 10 unspecified atom stereocenters. The standard InChI is InChI=1S/C48H50N2O2/c1-2-13-33(14-3-1)50-41-20-7-4-15-35(41)47-34(16-12-21-42(47)50)31-25-27-45-39(29-31)48(36-17-5-8-22-43(36)51-44-23-9-6-18-37(44)48)38-26-24-32(30-46(38)52-45)40-19-10-11-28-49-40/h2,5,8,10-14,16-19,21-22,24-27,29-30,36,38-39,42-47,49H,1,3-4,6-7,9,15,20,23,28H2. The third kappa shape index (κ3) is 4.66. The second kappa shape index (κ2) is 12.5. The van der Waals surface area contributed by atoms with Crippen molar-refractivity contribution in [3.8, 4) is 0 Å². The van der Waals surface area contributed by atoms with Gasteiger partial charge in [0.05, 0.1) is 30.5 Å². The summed E-state index contributed by atoms with van der Waals surface area (Å²) < 4.78 is 14.3. The van der Waals surface area contributed by atoms with Gasteiger partial charge in [-0.15, -0.1) is 0 Å². The highest BCUT2D eigenvalue weighted by atomic mass is 16.5. The largest absolute Gasteiger partial charge is 0.381 e. The highest BCUT2D eigenvalue weighted by molar-refractivity contribution is 5.57. The van der Waals surface area contributed by atoms with E-state index in [4.69, 9.17) is 9.47 Å². The molecule has 4 heteroatoms. The van der Waals surface area contributed by atoms with Crippen LogP contribution in [0.5, 0.6) is 0 Å². The van der Waals surface area contributed by atoms with Gasteiger partial charge in [0.15, 0.2) is 0 Å². The fourth-order valence-electron chi connectivity index (χ4n) is 12.0. The minimum Gasteiger partial charge on any atom is -0.381 e. The van der Waals surface area contributed by atoms with E-state index >= 15 is 0 Å². The molecule has 4 aliphatic heterocycles. The minimum atomic E-state index is -0.162. The molecule has 0 saturated carbocycles. The molecule has 11 aliphatic rings. The Labute approximate surface area is 309 Å². The number of ether oxygens (including phenoxy) is 2. The molecule has 52 heavy (non-hydrogen) atoms. The Kier molecular flexibility index (Phi) is 7.55. The van der Waals surface area contributed by atoms with Crippen LogP contribution in [-0.4, -0.2) is 41.9 Å². The van der Waals surface area contributed by atoms with Gasteiger partial charge in [0, 0.05) is 52.7 Å². The normalized spacial score (nSPS) is 40.6. The molecule has 0 radical (unpaired) electrons. The van der Waals surface area contributed by atoms with Crippen LogP contribution in [0.2, 0.25) is 0 Å². The van der Waals surface area contributed by atoms with E-state index < -0.39 is 0 Å². The predicted molar refractivity (Wildman–Crippen MR) is 208 cm³/mol. The van der Waals surface area contributed by atoms with Gasteiger partial charge in [-0.25, -0.2) is 0 Å². The van der Waals surface area contributed by atoms with Gasteiger partial charge < -0.3 is 19.7 Å². The predicted octanol–water partition coefficient (Wildman–Crippen LogP) is 9.49. The lowest BCUT2D eigenvalue weighted by atomic mass is 9.46. The third-order valence-corrected chi connectivity index (χ3v) is 14.0. The molecule has 11 rings (SSSR count). The lowest BCUT2D eigenvalue weighted by Crippen LogP contribution is -2.64. The van der Waals surface area contributed by atoms with Crippen LogP contribution in [0, 0.1) is 29.1 Å². The van der Waals surface area contributed by atoms with Crippen molar-refractivity contribution in [3.05, 3.63) is 166 Å². The Morgan fingerprint density at radius 2 is 1.60 bits per heavy atom. The van der Waals surface area contributed by atoms with Gasteiger partial charge in [0.2, 0.25) is 0 Å². The number of hydrogen-bond donors (Lipinski definition) is 1. The Hall–Kier alpha value is -4.12. The van der Waals surface area contributed by atoms with Gasteiger partial charge in [0.1, 0.15) is 0 Å². The van der Waals surface area contributed by atoms with Crippen LogP contribution in [0.1, 0.15) is 57.8 Å². The van der Waals surface area contributed by atoms with Crippen LogP contribution in [0.25, 0.3) is 0 Å². The number of hydrogen-bond acceptors (Lipinski definition) is 4. The number of fused-ring (bicyclic) bond motifs is 10. The van der Waals surface area contributed by atoms with E-state index in [0.29, 0.717) is 12.0 Å². The first-order chi connectivity index (χ1) is 25.8. The van der Waals surface area contributed by atoms with Gasteiger partial charge >= 0.3 is 0 Å². The fraction of sp³-hybridized carbons (Fsp3) is 0.417. The molecule has 0 bridgehead atoms. The number of allylic oxidation sites excluding steroid dienone is 14. The molecule has 4 heterocycles. The molecule has 0 aromatic rings. The van der Waals surface area contributed by atoms with Gasteiger partial charge in [-0.2, -0.15) is 0 Å². The van der Waals surface area contributed by atoms with E-state index in [1.165, 1.54) is 65.8 Å². The fourth-order valence-corrected chi connectivity index (χ4v) is 12.0. The summed E-state index contributed by atoms with van der Waals surface area (Å²) in [6, 6.07) is 0.344. The molecule has 7 aliphatic carbocycles. The van der Waals surface area contributed by atoms with Gasteiger partial charge in [-0.3, -0.25) is 0 Å². The van der Waals surface area contributed by atoms with Crippen LogP contribution < -0.4 is 5.32 Å². The van der Waals surface area contributed by atoms with Crippen LogP contribution in [0.3, 0.4) is 0 Å². The number of nitrogens with one attached hydrogen (secondary N) is 1. The lowest BCUT2D eigenvalue weighted by Gasteiger charge is -2.63. The number of dihydropyridines is 1. The van der Waals surface area contributed by atoms with Crippen molar-refractivity contribution in [2.45, 2.75) is 88.2 Å². The van der Waals surface area contributed by atoms with Crippen molar-refractivity contribution in [1.29, 1.82) is 0 Å². The van der Waals surface area contributed by atoms with Crippen LogP contribution in [0.4, 0.5) is 0 Å². The highest BCUT2D eigenvalue weighted by Gasteiger charge is 2.64. The summed E-state index contributed by atoms with van der Waals surface area (Å²) in [7, 11) is 0. The summed E-state index contributed by atoms with van der Waals surface area (Å²) in [6.07, 6.45) is 58.8. The Bertz CT molecular complexity index is 2000. The van der Waals surface area contributed by atoms with Gasteiger partial charge in [-0.1, -0.05) is 103 Å². The van der Waals surface area contributed by atoms with Gasteiger partial charge in [-0.05, 0) is 104 Å². The molecular formula is C48H50N2O2. The third-order valence-electron chi connectivity index (χ3n) is 14.0. The molecule has 264 valence electrons. The molecule has 10 atom stereocenters. The van der Waals surface area contributed by atoms with E-state index in [0.717, 1.165) is 32.2 Å². The molecule has 0 aromatic carbocycles. The first kappa shape index (κ1) is 31.4. The van der Waals surface area contributed by atoms with Gasteiger partial charge in [0.25, 0.3) is 0 Å². The molecule has 1 spiro atoms.